The van der Waals surface area contributed by atoms with E-state index in [1.165, 1.54) is 4.88 Å². The molecule has 3 heterocycles. The first-order chi connectivity index (χ1) is 13.5. The van der Waals surface area contributed by atoms with Crippen LogP contribution in [-0.2, 0) is 11.2 Å². The van der Waals surface area contributed by atoms with Crippen molar-refractivity contribution in [1.82, 2.24) is 9.97 Å². The molecule has 2 aromatic heterocycles. The Kier molecular flexibility index (Phi) is 5.51. The summed E-state index contributed by atoms with van der Waals surface area (Å²) in [7, 11) is 0. The number of carbonyl (C=O) groups excluding carboxylic acids is 1. The summed E-state index contributed by atoms with van der Waals surface area (Å²) in [6.07, 6.45) is 4.27. The molecule has 0 spiro atoms. The summed E-state index contributed by atoms with van der Waals surface area (Å²) < 4.78 is 0. The Morgan fingerprint density at radius 3 is 2.79 bits per heavy atom. The minimum absolute atomic E-state index is 0.00216. The highest BCUT2D eigenvalue weighted by molar-refractivity contribution is 7.18. The summed E-state index contributed by atoms with van der Waals surface area (Å²) in [5.41, 5.74) is 1.76. The van der Waals surface area contributed by atoms with Crippen molar-refractivity contribution in [3.05, 3.63) is 46.1 Å². The molecule has 1 aromatic carbocycles. The van der Waals surface area contributed by atoms with Crippen LogP contribution in [0.2, 0.25) is 5.02 Å². The van der Waals surface area contributed by atoms with Crippen molar-refractivity contribution in [2.75, 3.05) is 23.3 Å². The van der Waals surface area contributed by atoms with Gasteiger partial charge in [-0.05, 0) is 49.9 Å². The molecule has 0 bridgehead atoms. The third-order valence-electron chi connectivity index (χ3n) is 5.31. The van der Waals surface area contributed by atoms with Gasteiger partial charge in [-0.3, -0.25) is 4.79 Å². The van der Waals surface area contributed by atoms with Gasteiger partial charge in [-0.25, -0.2) is 9.97 Å². The van der Waals surface area contributed by atoms with E-state index in [0.717, 1.165) is 59.6 Å². The Morgan fingerprint density at radius 2 is 2.07 bits per heavy atom. The van der Waals surface area contributed by atoms with E-state index in [1.807, 2.05) is 25.1 Å². The third kappa shape index (κ3) is 3.84. The van der Waals surface area contributed by atoms with Crippen molar-refractivity contribution in [3.63, 3.8) is 0 Å². The SMILES string of the molecule is CCc1cc2c(N3CCC(C(=O)Nc4ccc(C)c(Cl)c4)CC3)ncnc2s1. The molecule has 4 rings (SSSR count). The van der Waals surface area contributed by atoms with Gasteiger partial charge in [-0.2, -0.15) is 0 Å². The maximum Gasteiger partial charge on any atom is 0.227 e. The average Bonchev–Trinajstić information content (AvgIpc) is 3.14. The Balaban J connectivity index is 1.42. The standard InChI is InChI=1S/C21H23ClN4OS/c1-3-16-11-17-19(23-12-24-21(17)28-16)26-8-6-14(7-9-26)20(27)25-15-5-4-13(2)18(22)10-15/h4-5,10-12,14H,3,6-9H2,1-2H3,(H,25,27). The van der Waals surface area contributed by atoms with Crippen molar-refractivity contribution in [3.8, 4) is 0 Å². The van der Waals surface area contributed by atoms with Crippen LogP contribution in [0.3, 0.4) is 0 Å². The third-order valence-corrected chi connectivity index (χ3v) is 6.91. The van der Waals surface area contributed by atoms with Crippen LogP contribution in [0.15, 0.2) is 30.6 Å². The van der Waals surface area contributed by atoms with Gasteiger partial charge in [-0.15, -0.1) is 11.3 Å². The molecular weight excluding hydrogens is 392 g/mol. The molecule has 1 N–H and O–H groups in total. The second-order valence-corrected chi connectivity index (χ2v) is 8.72. The van der Waals surface area contributed by atoms with Crippen molar-refractivity contribution in [2.24, 2.45) is 5.92 Å². The summed E-state index contributed by atoms with van der Waals surface area (Å²) in [5, 5.41) is 4.80. The Bertz CT molecular complexity index is 1010. The minimum atomic E-state index is 0.00216. The number of piperidine rings is 1. The van der Waals surface area contributed by atoms with Gasteiger partial charge in [0.15, 0.2) is 0 Å². The summed E-state index contributed by atoms with van der Waals surface area (Å²) in [6.45, 7) is 5.74. The first-order valence-corrected chi connectivity index (χ1v) is 10.8. The van der Waals surface area contributed by atoms with E-state index in [2.05, 4.69) is 33.2 Å². The molecule has 28 heavy (non-hydrogen) atoms. The van der Waals surface area contributed by atoms with Gasteiger partial charge in [0.25, 0.3) is 0 Å². The summed E-state index contributed by atoms with van der Waals surface area (Å²) in [5.74, 6) is 1.06. The highest BCUT2D eigenvalue weighted by Crippen LogP contribution is 2.32. The lowest BCUT2D eigenvalue weighted by atomic mass is 9.95. The largest absolute Gasteiger partial charge is 0.356 e. The van der Waals surface area contributed by atoms with Crippen LogP contribution >= 0.6 is 22.9 Å². The number of thiophene rings is 1. The number of aryl methyl sites for hydroxylation is 2. The average molecular weight is 415 g/mol. The fourth-order valence-electron chi connectivity index (χ4n) is 3.59. The van der Waals surface area contributed by atoms with Gasteiger partial charge < -0.3 is 10.2 Å². The van der Waals surface area contributed by atoms with E-state index in [1.54, 1.807) is 17.7 Å². The lowest BCUT2D eigenvalue weighted by molar-refractivity contribution is -0.120. The molecule has 0 unspecified atom stereocenters. The van der Waals surface area contributed by atoms with E-state index in [0.29, 0.717) is 5.02 Å². The summed E-state index contributed by atoms with van der Waals surface area (Å²) >= 11 is 7.89. The van der Waals surface area contributed by atoms with Crippen molar-refractivity contribution >= 4 is 50.6 Å². The second-order valence-electron chi connectivity index (χ2n) is 7.20. The first kappa shape index (κ1) is 19.2. The lowest BCUT2D eigenvalue weighted by Crippen LogP contribution is -2.38. The molecule has 0 saturated carbocycles. The van der Waals surface area contributed by atoms with E-state index >= 15 is 0 Å². The fraction of sp³-hybridized carbons (Fsp3) is 0.381. The molecule has 1 amide bonds. The Hall–Kier alpha value is -2.18. The summed E-state index contributed by atoms with van der Waals surface area (Å²) in [6, 6.07) is 7.83. The highest BCUT2D eigenvalue weighted by atomic mass is 35.5. The molecule has 1 saturated heterocycles. The molecule has 1 aliphatic rings. The number of halogens is 1. The van der Waals surface area contributed by atoms with E-state index in [9.17, 15) is 4.79 Å². The Morgan fingerprint density at radius 1 is 1.29 bits per heavy atom. The number of anilines is 2. The maximum atomic E-state index is 12.7. The zero-order valence-electron chi connectivity index (χ0n) is 16.0. The zero-order valence-corrected chi connectivity index (χ0v) is 17.6. The van der Waals surface area contributed by atoms with Gasteiger partial charge in [0, 0.05) is 34.6 Å². The van der Waals surface area contributed by atoms with Crippen molar-refractivity contribution in [2.45, 2.75) is 33.1 Å². The number of hydrogen-bond donors (Lipinski definition) is 1. The second kappa shape index (κ2) is 8.05. The number of amides is 1. The number of fused-ring (bicyclic) bond motifs is 1. The minimum Gasteiger partial charge on any atom is -0.356 e. The number of benzene rings is 1. The van der Waals surface area contributed by atoms with Crippen LogP contribution in [0.4, 0.5) is 11.5 Å². The lowest BCUT2D eigenvalue weighted by Gasteiger charge is -2.32. The molecule has 1 fully saturated rings. The Labute approximate surface area is 173 Å². The van der Waals surface area contributed by atoms with Crippen LogP contribution in [-0.4, -0.2) is 29.0 Å². The monoisotopic (exact) mass is 414 g/mol. The van der Waals surface area contributed by atoms with Crippen molar-refractivity contribution in [1.29, 1.82) is 0 Å². The van der Waals surface area contributed by atoms with Crippen LogP contribution in [0.25, 0.3) is 10.2 Å². The normalized spacial score (nSPS) is 15.2. The van der Waals surface area contributed by atoms with E-state index in [-0.39, 0.29) is 11.8 Å². The number of aromatic nitrogens is 2. The quantitative estimate of drug-likeness (QED) is 0.647. The van der Waals surface area contributed by atoms with Gasteiger partial charge in [0.1, 0.15) is 17.0 Å². The zero-order chi connectivity index (χ0) is 19.7. The van der Waals surface area contributed by atoms with E-state index in [4.69, 9.17) is 11.6 Å². The summed E-state index contributed by atoms with van der Waals surface area (Å²) in [4.78, 5) is 26.3. The number of carbonyl (C=O) groups is 1. The molecule has 3 aromatic rings. The van der Waals surface area contributed by atoms with Crippen LogP contribution < -0.4 is 10.2 Å². The predicted octanol–water partition coefficient (Wildman–Crippen LogP) is 5.07. The predicted molar refractivity (Wildman–Crippen MR) is 117 cm³/mol. The number of nitrogens with one attached hydrogen (secondary N) is 1. The van der Waals surface area contributed by atoms with Gasteiger partial charge in [-0.1, -0.05) is 24.6 Å². The molecule has 0 aliphatic carbocycles. The van der Waals surface area contributed by atoms with Gasteiger partial charge in [0.2, 0.25) is 5.91 Å². The first-order valence-electron chi connectivity index (χ1n) is 9.60. The number of rotatable bonds is 4. The topological polar surface area (TPSA) is 58.1 Å². The molecule has 146 valence electrons. The molecule has 1 aliphatic heterocycles. The maximum absolute atomic E-state index is 12.7. The molecule has 0 atom stereocenters. The number of nitrogens with zero attached hydrogens (tertiary/aromatic N) is 3. The van der Waals surface area contributed by atoms with Crippen LogP contribution in [0, 0.1) is 12.8 Å². The molecule has 5 nitrogen and oxygen atoms in total. The highest BCUT2D eigenvalue weighted by Gasteiger charge is 2.27. The number of hydrogen-bond acceptors (Lipinski definition) is 5. The van der Waals surface area contributed by atoms with Crippen molar-refractivity contribution < 1.29 is 4.79 Å². The van der Waals surface area contributed by atoms with E-state index < -0.39 is 0 Å². The van der Waals surface area contributed by atoms with Gasteiger partial charge >= 0.3 is 0 Å². The van der Waals surface area contributed by atoms with Crippen LogP contribution in [0.5, 0.6) is 0 Å². The smallest absolute Gasteiger partial charge is 0.227 e. The molecular formula is C21H23ClN4OS. The van der Waals surface area contributed by atoms with Gasteiger partial charge in [0.05, 0.1) is 5.39 Å². The molecule has 0 radical (unpaired) electrons. The fourth-order valence-corrected chi connectivity index (χ4v) is 4.70. The molecule has 7 heteroatoms. The van der Waals surface area contributed by atoms with Crippen LogP contribution in [0.1, 0.15) is 30.2 Å².